The molecule has 2 aromatic rings. The zero-order valence-corrected chi connectivity index (χ0v) is 9.18. The minimum atomic E-state index is -0.696. The Morgan fingerprint density at radius 1 is 1.18 bits per heavy atom. The molecule has 0 atom stereocenters. The first-order valence-electron chi connectivity index (χ1n) is 4.62. The Morgan fingerprint density at radius 2 is 1.82 bits per heavy atom. The van der Waals surface area contributed by atoms with Gasteiger partial charge in [-0.05, 0) is 30.3 Å². The third-order valence-corrected chi connectivity index (χ3v) is 2.35. The van der Waals surface area contributed by atoms with Crippen LogP contribution in [0.15, 0.2) is 40.8 Å². The Balaban J connectivity index is 2.30. The molecule has 86 valence electrons. The summed E-state index contributed by atoms with van der Waals surface area (Å²) >= 11 is 5.68. The molecule has 17 heavy (non-hydrogen) atoms. The highest BCUT2D eigenvalue weighted by molar-refractivity contribution is 6.30. The van der Waals surface area contributed by atoms with Gasteiger partial charge in [0.25, 0.3) is 0 Å². The number of nitrogens with zero attached hydrogens (tertiary/aromatic N) is 1. The van der Waals surface area contributed by atoms with Crippen LogP contribution >= 0.6 is 11.6 Å². The number of nitro groups is 1. The summed E-state index contributed by atoms with van der Waals surface area (Å²) in [6.45, 7) is 0. The van der Waals surface area contributed by atoms with Crippen molar-refractivity contribution in [3.8, 4) is 0 Å². The SMILES string of the molecule is O=C(c1ccc(Cl)cc1)c1ccc([N+](=O)[O-])o1. The third kappa shape index (κ3) is 2.34. The fourth-order valence-corrected chi connectivity index (χ4v) is 1.42. The van der Waals surface area contributed by atoms with Crippen molar-refractivity contribution < 1.29 is 14.1 Å². The van der Waals surface area contributed by atoms with E-state index in [9.17, 15) is 14.9 Å². The topological polar surface area (TPSA) is 73.3 Å². The van der Waals surface area contributed by atoms with Crippen LogP contribution < -0.4 is 0 Å². The summed E-state index contributed by atoms with van der Waals surface area (Å²) in [5.41, 5.74) is 0.360. The summed E-state index contributed by atoms with van der Waals surface area (Å²) in [7, 11) is 0. The summed E-state index contributed by atoms with van der Waals surface area (Å²) in [5, 5.41) is 10.9. The molecule has 0 N–H and O–H groups in total. The molecule has 1 heterocycles. The Hall–Kier alpha value is -2.14. The molecule has 0 bridgehead atoms. The van der Waals surface area contributed by atoms with Gasteiger partial charge in [-0.15, -0.1) is 0 Å². The summed E-state index contributed by atoms with van der Waals surface area (Å²) < 4.78 is 4.81. The highest BCUT2D eigenvalue weighted by atomic mass is 35.5. The average molecular weight is 252 g/mol. The molecule has 5 nitrogen and oxygen atoms in total. The first-order valence-corrected chi connectivity index (χ1v) is 5.00. The number of benzene rings is 1. The molecule has 0 aliphatic heterocycles. The lowest BCUT2D eigenvalue weighted by Gasteiger charge is -1.96. The minimum Gasteiger partial charge on any atom is -0.397 e. The van der Waals surface area contributed by atoms with E-state index in [1.807, 2.05) is 0 Å². The van der Waals surface area contributed by atoms with Gasteiger partial charge >= 0.3 is 5.88 Å². The van der Waals surface area contributed by atoms with Crippen molar-refractivity contribution in [3.63, 3.8) is 0 Å². The lowest BCUT2D eigenvalue weighted by Crippen LogP contribution is -1.98. The van der Waals surface area contributed by atoms with E-state index in [0.717, 1.165) is 6.07 Å². The van der Waals surface area contributed by atoms with Crippen LogP contribution in [0.1, 0.15) is 16.1 Å². The van der Waals surface area contributed by atoms with Gasteiger partial charge in [0.05, 0.1) is 6.07 Å². The standard InChI is InChI=1S/C11H6ClNO4/c12-8-3-1-7(2-4-8)11(14)9-5-6-10(17-9)13(15)16/h1-6H. The van der Waals surface area contributed by atoms with Crippen molar-refractivity contribution >= 4 is 23.3 Å². The monoisotopic (exact) mass is 251 g/mol. The van der Waals surface area contributed by atoms with E-state index >= 15 is 0 Å². The molecule has 0 aliphatic rings. The number of furan rings is 1. The van der Waals surface area contributed by atoms with E-state index in [1.165, 1.54) is 18.2 Å². The number of carbonyl (C=O) groups is 1. The van der Waals surface area contributed by atoms with Crippen LogP contribution in [-0.2, 0) is 0 Å². The second-order valence-electron chi connectivity index (χ2n) is 3.23. The van der Waals surface area contributed by atoms with Gasteiger partial charge < -0.3 is 4.42 Å². The van der Waals surface area contributed by atoms with Gasteiger partial charge in [-0.25, -0.2) is 0 Å². The fraction of sp³-hybridized carbons (Fsp3) is 0. The predicted octanol–water partition coefficient (Wildman–Crippen LogP) is 3.07. The largest absolute Gasteiger partial charge is 0.433 e. The van der Waals surface area contributed by atoms with Gasteiger partial charge in [-0.3, -0.25) is 14.9 Å². The third-order valence-electron chi connectivity index (χ3n) is 2.10. The molecule has 0 amide bonds. The maximum absolute atomic E-state index is 11.8. The molecule has 6 heteroatoms. The highest BCUT2D eigenvalue weighted by Crippen LogP contribution is 2.19. The van der Waals surface area contributed by atoms with E-state index in [2.05, 4.69) is 0 Å². The number of halogens is 1. The second kappa shape index (κ2) is 4.39. The van der Waals surface area contributed by atoms with Gasteiger partial charge in [0.2, 0.25) is 5.78 Å². The molecule has 0 saturated heterocycles. The van der Waals surface area contributed by atoms with Crippen molar-refractivity contribution in [1.82, 2.24) is 0 Å². The van der Waals surface area contributed by atoms with Crippen LogP contribution in [0.5, 0.6) is 0 Å². The Morgan fingerprint density at radius 3 is 2.35 bits per heavy atom. The van der Waals surface area contributed by atoms with Crippen LogP contribution in [-0.4, -0.2) is 10.7 Å². The molecule has 0 spiro atoms. The summed E-state index contributed by atoms with van der Waals surface area (Å²) in [5.74, 6) is -0.948. The first kappa shape index (κ1) is 11.3. The molecular formula is C11H6ClNO4. The van der Waals surface area contributed by atoms with Crippen molar-refractivity contribution in [2.24, 2.45) is 0 Å². The van der Waals surface area contributed by atoms with Crippen LogP contribution in [0.2, 0.25) is 5.02 Å². The summed E-state index contributed by atoms with van der Waals surface area (Å²) in [6, 6.07) is 8.59. The minimum absolute atomic E-state index is 0.0703. The van der Waals surface area contributed by atoms with Crippen LogP contribution in [0, 0.1) is 10.1 Å². The molecular weight excluding hydrogens is 246 g/mol. The molecule has 2 rings (SSSR count). The number of carbonyl (C=O) groups excluding carboxylic acids is 1. The van der Waals surface area contributed by atoms with Crippen molar-refractivity contribution in [2.45, 2.75) is 0 Å². The van der Waals surface area contributed by atoms with Crippen molar-refractivity contribution in [2.75, 3.05) is 0 Å². The van der Waals surface area contributed by atoms with Crippen LogP contribution in [0.4, 0.5) is 5.88 Å². The molecule has 0 saturated carbocycles. The van der Waals surface area contributed by atoms with E-state index in [0.29, 0.717) is 10.6 Å². The van der Waals surface area contributed by atoms with Gasteiger partial charge in [0.15, 0.2) is 5.76 Å². The second-order valence-corrected chi connectivity index (χ2v) is 3.67. The fourth-order valence-electron chi connectivity index (χ4n) is 1.29. The molecule has 1 aromatic heterocycles. The number of hydrogen-bond acceptors (Lipinski definition) is 4. The molecule has 0 aliphatic carbocycles. The predicted molar refractivity (Wildman–Crippen MR) is 60.2 cm³/mol. The summed E-state index contributed by atoms with van der Waals surface area (Å²) in [6.07, 6.45) is 0. The van der Waals surface area contributed by atoms with Crippen molar-refractivity contribution in [3.05, 3.63) is 62.9 Å². The van der Waals surface area contributed by atoms with E-state index < -0.39 is 16.6 Å². The van der Waals surface area contributed by atoms with E-state index in [-0.39, 0.29) is 5.76 Å². The lowest BCUT2D eigenvalue weighted by molar-refractivity contribution is -0.402. The van der Waals surface area contributed by atoms with Gasteiger partial charge in [0, 0.05) is 10.6 Å². The molecule has 0 unspecified atom stereocenters. The van der Waals surface area contributed by atoms with E-state index in [1.54, 1.807) is 12.1 Å². The lowest BCUT2D eigenvalue weighted by atomic mass is 10.1. The van der Waals surface area contributed by atoms with Gasteiger partial charge in [-0.2, -0.15) is 0 Å². The molecule has 0 fully saturated rings. The van der Waals surface area contributed by atoms with Gasteiger partial charge in [0.1, 0.15) is 4.92 Å². The smallest absolute Gasteiger partial charge is 0.397 e. The number of rotatable bonds is 3. The Labute approximate surface area is 101 Å². The zero-order valence-electron chi connectivity index (χ0n) is 8.42. The Kier molecular flexibility index (Phi) is 2.93. The first-order chi connectivity index (χ1) is 8.08. The van der Waals surface area contributed by atoms with Crippen LogP contribution in [0.25, 0.3) is 0 Å². The summed E-state index contributed by atoms with van der Waals surface area (Å²) in [4.78, 5) is 21.5. The molecule has 1 aromatic carbocycles. The van der Waals surface area contributed by atoms with Gasteiger partial charge in [-0.1, -0.05) is 11.6 Å². The molecule has 0 radical (unpaired) electrons. The van der Waals surface area contributed by atoms with Crippen molar-refractivity contribution in [1.29, 1.82) is 0 Å². The maximum Gasteiger partial charge on any atom is 0.433 e. The van der Waals surface area contributed by atoms with E-state index in [4.69, 9.17) is 16.0 Å². The number of ketones is 1. The average Bonchev–Trinajstić information content (AvgIpc) is 2.78. The Bertz CT molecular complexity index is 573. The normalized spacial score (nSPS) is 10.2. The quantitative estimate of drug-likeness (QED) is 0.477. The number of hydrogen-bond donors (Lipinski definition) is 0. The highest BCUT2D eigenvalue weighted by Gasteiger charge is 2.18. The van der Waals surface area contributed by atoms with Crippen LogP contribution in [0.3, 0.4) is 0 Å². The maximum atomic E-state index is 11.8. The zero-order chi connectivity index (χ0) is 12.4.